The van der Waals surface area contributed by atoms with Crippen molar-refractivity contribution in [1.29, 1.82) is 0 Å². The van der Waals surface area contributed by atoms with Crippen LogP contribution >= 0.6 is 0 Å². The highest BCUT2D eigenvalue weighted by Gasteiger charge is 2.20. The van der Waals surface area contributed by atoms with Gasteiger partial charge in [0, 0.05) is 6.54 Å². The minimum atomic E-state index is -0.388. The van der Waals surface area contributed by atoms with Crippen LogP contribution in [-0.2, 0) is 4.79 Å². The van der Waals surface area contributed by atoms with E-state index in [1.807, 2.05) is 0 Å². The van der Waals surface area contributed by atoms with Gasteiger partial charge in [0.15, 0.2) is 0 Å². The summed E-state index contributed by atoms with van der Waals surface area (Å²) in [7, 11) is 0. The Bertz CT molecular complexity index is 436. The summed E-state index contributed by atoms with van der Waals surface area (Å²) in [5.74, 6) is 0.165. The molecule has 19 heavy (non-hydrogen) atoms. The van der Waals surface area contributed by atoms with Crippen molar-refractivity contribution in [3.05, 3.63) is 30.1 Å². The molecule has 1 atom stereocenters. The third-order valence-electron chi connectivity index (χ3n) is 3.70. The molecule has 2 rings (SSSR count). The highest BCUT2D eigenvalue weighted by Crippen LogP contribution is 2.19. The van der Waals surface area contributed by atoms with Gasteiger partial charge in [0.1, 0.15) is 5.82 Å². The largest absolute Gasteiger partial charge is 0.322 e. The molecule has 1 fully saturated rings. The molecular weight excluding hydrogens is 243 g/mol. The Balaban J connectivity index is 1.86. The second-order valence-electron chi connectivity index (χ2n) is 5.18. The number of halogens is 1. The first kappa shape index (κ1) is 14.0. The van der Waals surface area contributed by atoms with E-state index in [9.17, 15) is 9.18 Å². The highest BCUT2D eigenvalue weighted by molar-refractivity contribution is 5.92. The summed E-state index contributed by atoms with van der Waals surface area (Å²) in [6, 6.07) is 6.26. The first-order valence-corrected chi connectivity index (χ1v) is 6.95. The fourth-order valence-corrected chi connectivity index (χ4v) is 2.58. The Morgan fingerprint density at radius 3 is 3.00 bits per heavy atom. The van der Waals surface area contributed by atoms with Crippen LogP contribution in [0.2, 0.25) is 0 Å². The zero-order chi connectivity index (χ0) is 13.7. The van der Waals surface area contributed by atoms with Gasteiger partial charge in [-0.2, -0.15) is 0 Å². The standard InChI is InChI=1S/C15H21FN2O/c1-2-12-6-5-9-18(10-12)11-15(19)17-14-8-4-3-7-13(14)16/h3-4,7-8,12H,2,5-6,9-11H2,1H3,(H,17,19). The monoisotopic (exact) mass is 264 g/mol. The number of benzene rings is 1. The first-order valence-electron chi connectivity index (χ1n) is 6.95. The third-order valence-corrected chi connectivity index (χ3v) is 3.70. The van der Waals surface area contributed by atoms with Crippen molar-refractivity contribution >= 4 is 11.6 Å². The zero-order valence-electron chi connectivity index (χ0n) is 11.4. The number of carbonyl (C=O) groups excluding carboxylic acids is 1. The van der Waals surface area contributed by atoms with Gasteiger partial charge < -0.3 is 5.32 Å². The lowest BCUT2D eigenvalue weighted by atomic mass is 9.96. The van der Waals surface area contributed by atoms with E-state index in [1.165, 1.54) is 12.5 Å². The lowest BCUT2D eigenvalue weighted by molar-refractivity contribution is -0.117. The van der Waals surface area contributed by atoms with E-state index in [0.29, 0.717) is 12.5 Å². The van der Waals surface area contributed by atoms with Gasteiger partial charge in [-0.15, -0.1) is 0 Å². The van der Waals surface area contributed by atoms with Crippen LogP contribution in [0.15, 0.2) is 24.3 Å². The van der Waals surface area contributed by atoms with E-state index in [-0.39, 0.29) is 17.4 Å². The fraction of sp³-hybridized carbons (Fsp3) is 0.533. The van der Waals surface area contributed by atoms with Gasteiger partial charge in [-0.25, -0.2) is 4.39 Å². The molecule has 1 unspecified atom stereocenters. The van der Waals surface area contributed by atoms with Crippen LogP contribution in [0.5, 0.6) is 0 Å². The lowest BCUT2D eigenvalue weighted by Crippen LogP contribution is -2.40. The molecule has 1 aromatic carbocycles. The number of nitrogens with zero attached hydrogens (tertiary/aromatic N) is 1. The van der Waals surface area contributed by atoms with Crippen molar-refractivity contribution in [2.45, 2.75) is 26.2 Å². The Morgan fingerprint density at radius 1 is 1.47 bits per heavy atom. The van der Waals surface area contributed by atoms with Crippen LogP contribution in [0, 0.1) is 11.7 Å². The predicted molar refractivity (Wildman–Crippen MR) is 74.5 cm³/mol. The maximum Gasteiger partial charge on any atom is 0.238 e. The SMILES string of the molecule is CCC1CCCN(CC(=O)Nc2ccccc2F)C1. The molecule has 1 N–H and O–H groups in total. The minimum Gasteiger partial charge on any atom is -0.322 e. The van der Waals surface area contributed by atoms with Crippen LogP contribution in [0.25, 0.3) is 0 Å². The number of piperidine rings is 1. The number of amides is 1. The molecular formula is C15H21FN2O. The molecule has 1 aromatic rings. The van der Waals surface area contributed by atoms with E-state index in [2.05, 4.69) is 17.1 Å². The molecule has 1 heterocycles. The molecule has 0 aliphatic carbocycles. The Hall–Kier alpha value is -1.42. The summed E-state index contributed by atoms with van der Waals surface area (Å²) < 4.78 is 13.4. The molecule has 1 amide bonds. The van der Waals surface area contributed by atoms with Crippen molar-refractivity contribution in [2.75, 3.05) is 25.0 Å². The number of rotatable bonds is 4. The maximum atomic E-state index is 13.4. The topological polar surface area (TPSA) is 32.3 Å². The molecule has 0 bridgehead atoms. The summed E-state index contributed by atoms with van der Waals surface area (Å²) in [6.45, 7) is 4.47. The van der Waals surface area contributed by atoms with Crippen molar-refractivity contribution in [3.63, 3.8) is 0 Å². The normalized spacial score (nSPS) is 20.2. The first-order chi connectivity index (χ1) is 9.19. The molecule has 1 aliphatic rings. The van der Waals surface area contributed by atoms with E-state index < -0.39 is 0 Å². The van der Waals surface area contributed by atoms with Gasteiger partial charge in [0.2, 0.25) is 5.91 Å². The quantitative estimate of drug-likeness (QED) is 0.907. The van der Waals surface area contributed by atoms with Gasteiger partial charge in [-0.05, 0) is 37.4 Å². The lowest BCUT2D eigenvalue weighted by Gasteiger charge is -2.31. The summed E-state index contributed by atoms with van der Waals surface area (Å²) in [6.07, 6.45) is 3.55. The van der Waals surface area contributed by atoms with Crippen LogP contribution in [0.1, 0.15) is 26.2 Å². The van der Waals surface area contributed by atoms with Crippen molar-refractivity contribution in [1.82, 2.24) is 4.90 Å². The molecule has 0 radical (unpaired) electrons. The number of para-hydroxylation sites is 1. The number of likely N-dealkylation sites (tertiary alicyclic amines) is 1. The average Bonchev–Trinajstić information content (AvgIpc) is 2.41. The summed E-state index contributed by atoms with van der Waals surface area (Å²) in [5, 5.41) is 2.63. The third kappa shape index (κ3) is 4.03. The molecule has 1 aliphatic heterocycles. The van der Waals surface area contributed by atoms with E-state index in [4.69, 9.17) is 0 Å². The van der Waals surface area contributed by atoms with E-state index in [1.54, 1.807) is 18.2 Å². The van der Waals surface area contributed by atoms with Gasteiger partial charge in [0.25, 0.3) is 0 Å². The molecule has 0 aromatic heterocycles. The van der Waals surface area contributed by atoms with Gasteiger partial charge in [-0.1, -0.05) is 25.5 Å². The molecule has 1 saturated heterocycles. The van der Waals surface area contributed by atoms with Crippen molar-refractivity contribution in [2.24, 2.45) is 5.92 Å². The van der Waals surface area contributed by atoms with Crippen molar-refractivity contribution in [3.8, 4) is 0 Å². The fourth-order valence-electron chi connectivity index (χ4n) is 2.58. The maximum absolute atomic E-state index is 13.4. The number of anilines is 1. The molecule has 0 spiro atoms. The Morgan fingerprint density at radius 2 is 2.26 bits per heavy atom. The van der Waals surface area contributed by atoms with Gasteiger partial charge in [0.05, 0.1) is 12.2 Å². The van der Waals surface area contributed by atoms with Crippen LogP contribution in [0.3, 0.4) is 0 Å². The summed E-state index contributed by atoms with van der Waals surface area (Å²) in [5.41, 5.74) is 0.261. The van der Waals surface area contributed by atoms with Gasteiger partial charge >= 0.3 is 0 Å². The smallest absolute Gasteiger partial charge is 0.238 e. The molecule has 104 valence electrons. The Kier molecular flexibility index (Phi) is 4.91. The number of hydrogen-bond acceptors (Lipinski definition) is 2. The predicted octanol–water partition coefficient (Wildman–Crippen LogP) is 2.89. The molecule has 3 nitrogen and oxygen atoms in total. The van der Waals surface area contributed by atoms with Crippen molar-refractivity contribution < 1.29 is 9.18 Å². The number of carbonyl (C=O) groups is 1. The molecule has 4 heteroatoms. The van der Waals surface area contributed by atoms with Gasteiger partial charge in [-0.3, -0.25) is 9.69 Å². The minimum absolute atomic E-state index is 0.137. The molecule has 0 saturated carbocycles. The number of hydrogen-bond donors (Lipinski definition) is 1. The summed E-state index contributed by atoms with van der Waals surface area (Å²) >= 11 is 0. The zero-order valence-corrected chi connectivity index (χ0v) is 11.4. The van der Waals surface area contributed by atoms with Crippen LogP contribution < -0.4 is 5.32 Å². The number of nitrogens with one attached hydrogen (secondary N) is 1. The second-order valence-corrected chi connectivity index (χ2v) is 5.18. The van der Waals surface area contributed by atoms with Crippen LogP contribution in [-0.4, -0.2) is 30.4 Å². The van der Waals surface area contributed by atoms with E-state index in [0.717, 1.165) is 25.9 Å². The van der Waals surface area contributed by atoms with Crippen LogP contribution in [0.4, 0.5) is 10.1 Å². The second kappa shape index (κ2) is 6.66. The highest BCUT2D eigenvalue weighted by atomic mass is 19.1. The Labute approximate surface area is 113 Å². The van der Waals surface area contributed by atoms with E-state index >= 15 is 0 Å². The average molecular weight is 264 g/mol. The summed E-state index contributed by atoms with van der Waals surface area (Å²) in [4.78, 5) is 14.1.